The molecule has 24 heavy (non-hydrogen) atoms. The molecule has 1 aromatic rings. The Morgan fingerprint density at radius 3 is 2.83 bits per heavy atom. The van der Waals surface area contributed by atoms with Gasteiger partial charge < -0.3 is 15.1 Å². The normalized spacial score (nSPS) is 19.9. The Balaban J connectivity index is 0.00000288. The number of piperazine rings is 1. The van der Waals surface area contributed by atoms with Crippen LogP contribution in [0, 0.1) is 6.92 Å². The molecule has 1 saturated heterocycles. The minimum atomic E-state index is 0. The maximum Gasteiger partial charge on any atom is 0.194 e. The molecule has 6 nitrogen and oxygen atoms in total. The Labute approximate surface area is 167 Å². The predicted molar refractivity (Wildman–Crippen MR) is 114 cm³/mol. The van der Waals surface area contributed by atoms with Crippen molar-refractivity contribution in [2.45, 2.75) is 26.4 Å². The van der Waals surface area contributed by atoms with Gasteiger partial charge in [-0.15, -0.1) is 35.3 Å². The molecule has 1 N–H and O–H groups in total. The summed E-state index contributed by atoms with van der Waals surface area (Å²) in [6, 6.07) is 0.484. The lowest BCUT2D eigenvalue weighted by Crippen LogP contribution is -2.51. The first-order valence-electron chi connectivity index (χ1n) is 8.28. The largest absolute Gasteiger partial charge is 0.357 e. The van der Waals surface area contributed by atoms with Crippen molar-refractivity contribution >= 4 is 41.3 Å². The van der Waals surface area contributed by atoms with Crippen LogP contribution in [-0.2, 0) is 6.54 Å². The molecule has 1 aliphatic rings. The van der Waals surface area contributed by atoms with Gasteiger partial charge in [-0.1, -0.05) is 0 Å². The molecular weight excluding hydrogens is 435 g/mol. The van der Waals surface area contributed by atoms with E-state index in [1.54, 1.807) is 11.3 Å². The van der Waals surface area contributed by atoms with Gasteiger partial charge in [0.1, 0.15) is 0 Å². The van der Waals surface area contributed by atoms with Crippen molar-refractivity contribution in [3.63, 3.8) is 0 Å². The second kappa shape index (κ2) is 10.5. The summed E-state index contributed by atoms with van der Waals surface area (Å²) < 4.78 is 0. The summed E-state index contributed by atoms with van der Waals surface area (Å²) in [7, 11) is 6.46. The second-order valence-electron chi connectivity index (χ2n) is 6.31. The molecule has 0 amide bonds. The van der Waals surface area contributed by atoms with Gasteiger partial charge >= 0.3 is 0 Å². The van der Waals surface area contributed by atoms with E-state index >= 15 is 0 Å². The number of hydrogen-bond donors (Lipinski definition) is 1. The summed E-state index contributed by atoms with van der Waals surface area (Å²) in [5.41, 5.74) is 1.11. The van der Waals surface area contributed by atoms with Gasteiger partial charge in [-0.25, -0.2) is 4.98 Å². The maximum absolute atomic E-state index is 4.86. The molecule has 0 radical (unpaired) electrons. The smallest absolute Gasteiger partial charge is 0.194 e. The monoisotopic (exact) mass is 466 g/mol. The van der Waals surface area contributed by atoms with Crippen LogP contribution in [0.3, 0.4) is 0 Å². The lowest BCUT2D eigenvalue weighted by Gasteiger charge is -2.37. The molecule has 0 aliphatic carbocycles. The van der Waals surface area contributed by atoms with Crippen LogP contribution in [0.2, 0.25) is 0 Å². The van der Waals surface area contributed by atoms with E-state index in [0.29, 0.717) is 6.04 Å². The predicted octanol–water partition coefficient (Wildman–Crippen LogP) is 1.71. The van der Waals surface area contributed by atoms with E-state index < -0.39 is 0 Å². The molecule has 0 aromatic carbocycles. The van der Waals surface area contributed by atoms with Gasteiger partial charge in [-0.2, -0.15) is 0 Å². The van der Waals surface area contributed by atoms with E-state index in [2.05, 4.69) is 58.4 Å². The van der Waals surface area contributed by atoms with Crippen LogP contribution in [0.15, 0.2) is 10.4 Å². The highest BCUT2D eigenvalue weighted by Crippen LogP contribution is 2.10. The van der Waals surface area contributed by atoms with Crippen LogP contribution >= 0.6 is 35.3 Å². The molecule has 2 rings (SSSR count). The van der Waals surface area contributed by atoms with Crippen LogP contribution in [0.4, 0.5) is 0 Å². The quantitative estimate of drug-likeness (QED) is 0.407. The number of rotatable bonds is 5. The van der Waals surface area contributed by atoms with Crippen molar-refractivity contribution in [3.05, 3.63) is 16.1 Å². The molecule has 138 valence electrons. The average molecular weight is 466 g/mol. The van der Waals surface area contributed by atoms with E-state index in [4.69, 9.17) is 4.99 Å². The van der Waals surface area contributed by atoms with Crippen molar-refractivity contribution in [1.82, 2.24) is 25.0 Å². The highest BCUT2D eigenvalue weighted by atomic mass is 127. The SMILES string of the molecule is CCNC(=NCC1CN(C)CCN1C)N(C)Cc1csc(C)n1.I. The number of nitrogens with one attached hydrogen (secondary N) is 1. The fourth-order valence-electron chi connectivity index (χ4n) is 2.76. The first-order chi connectivity index (χ1) is 11.0. The fraction of sp³-hybridized carbons (Fsp3) is 0.750. The summed E-state index contributed by atoms with van der Waals surface area (Å²) in [6.07, 6.45) is 0. The minimum absolute atomic E-state index is 0. The van der Waals surface area contributed by atoms with Gasteiger partial charge in [-0.3, -0.25) is 9.89 Å². The van der Waals surface area contributed by atoms with Crippen LogP contribution in [0.1, 0.15) is 17.6 Å². The van der Waals surface area contributed by atoms with E-state index in [0.717, 1.165) is 55.9 Å². The van der Waals surface area contributed by atoms with Crippen molar-refractivity contribution < 1.29 is 0 Å². The molecule has 0 saturated carbocycles. The molecule has 0 bridgehead atoms. The van der Waals surface area contributed by atoms with E-state index in [9.17, 15) is 0 Å². The Bertz CT molecular complexity index is 520. The van der Waals surface area contributed by atoms with Crippen LogP contribution in [0.25, 0.3) is 0 Å². The summed E-state index contributed by atoms with van der Waals surface area (Å²) >= 11 is 1.70. The number of aliphatic imine (C=N–C) groups is 1. The zero-order chi connectivity index (χ0) is 16.8. The third-order valence-electron chi connectivity index (χ3n) is 4.19. The van der Waals surface area contributed by atoms with Crippen molar-refractivity contribution in [2.24, 2.45) is 4.99 Å². The number of nitrogens with zero attached hydrogens (tertiary/aromatic N) is 5. The third-order valence-corrected chi connectivity index (χ3v) is 5.02. The van der Waals surface area contributed by atoms with Gasteiger partial charge in [0, 0.05) is 44.6 Å². The number of hydrogen-bond acceptors (Lipinski definition) is 5. The zero-order valence-electron chi connectivity index (χ0n) is 15.4. The number of halogens is 1. The Kier molecular flexibility index (Phi) is 9.47. The van der Waals surface area contributed by atoms with Gasteiger partial charge in [0.15, 0.2) is 5.96 Å². The maximum atomic E-state index is 4.86. The van der Waals surface area contributed by atoms with Gasteiger partial charge in [-0.05, 0) is 27.9 Å². The topological polar surface area (TPSA) is 47.0 Å². The molecule has 1 aromatic heterocycles. The lowest BCUT2D eigenvalue weighted by atomic mass is 10.2. The molecule has 1 unspecified atom stereocenters. The Morgan fingerprint density at radius 1 is 1.46 bits per heavy atom. The number of aromatic nitrogens is 1. The average Bonchev–Trinajstić information content (AvgIpc) is 2.91. The minimum Gasteiger partial charge on any atom is -0.357 e. The van der Waals surface area contributed by atoms with Crippen molar-refractivity contribution in [2.75, 3.05) is 53.9 Å². The lowest BCUT2D eigenvalue weighted by molar-refractivity contribution is 0.119. The number of aryl methyl sites for hydroxylation is 1. The van der Waals surface area contributed by atoms with E-state index in [1.165, 1.54) is 0 Å². The third kappa shape index (κ3) is 6.45. The van der Waals surface area contributed by atoms with Crippen LogP contribution in [-0.4, -0.2) is 85.6 Å². The Morgan fingerprint density at radius 2 is 2.21 bits per heavy atom. The molecule has 1 aliphatic heterocycles. The van der Waals surface area contributed by atoms with Gasteiger partial charge in [0.25, 0.3) is 0 Å². The zero-order valence-corrected chi connectivity index (χ0v) is 18.6. The molecular formula is C16H31IN6S. The first-order valence-corrected chi connectivity index (χ1v) is 9.16. The van der Waals surface area contributed by atoms with Crippen molar-refractivity contribution in [3.8, 4) is 0 Å². The van der Waals surface area contributed by atoms with Crippen LogP contribution < -0.4 is 5.32 Å². The molecule has 1 fully saturated rings. The summed E-state index contributed by atoms with van der Waals surface area (Å²) in [4.78, 5) is 16.4. The Hall–Kier alpha value is -0.450. The number of guanidine groups is 1. The highest BCUT2D eigenvalue weighted by Gasteiger charge is 2.22. The van der Waals surface area contributed by atoms with Gasteiger partial charge in [0.2, 0.25) is 0 Å². The highest BCUT2D eigenvalue weighted by molar-refractivity contribution is 14.0. The number of thiazole rings is 1. The molecule has 8 heteroatoms. The van der Waals surface area contributed by atoms with E-state index in [-0.39, 0.29) is 24.0 Å². The summed E-state index contributed by atoms with van der Waals surface area (Å²) in [5, 5.41) is 6.63. The van der Waals surface area contributed by atoms with Crippen molar-refractivity contribution in [1.29, 1.82) is 0 Å². The van der Waals surface area contributed by atoms with E-state index in [1.807, 2.05) is 6.92 Å². The number of likely N-dealkylation sites (N-methyl/N-ethyl adjacent to an activating group) is 2. The molecule has 0 spiro atoms. The summed E-state index contributed by atoms with van der Waals surface area (Å²) in [5.74, 6) is 0.958. The fourth-order valence-corrected chi connectivity index (χ4v) is 3.36. The van der Waals surface area contributed by atoms with Crippen LogP contribution in [0.5, 0.6) is 0 Å². The second-order valence-corrected chi connectivity index (χ2v) is 7.37. The summed E-state index contributed by atoms with van der Waals surface area (Å²) in [6.45, 7) is 9.97. The first kappa shape index (κ1) is 21.6. The van der Waals surface area contributed by atoms with Gasteiger partial charge in [0.05, 0.1) is 23.8 Å². The standard InChI is InChI=1S/C16H30N6S.HI/c1-6-17-16(22(5)10-14-12-23-13(2)19-14)18-9-15-11-20(3)7-8-21(15)4;/h12,15H,6-11H2,1-5H3,(H,17,18);1H. The molecule has 1 atom stereocenters. The molecule has 2 heterocycles.